The van der Waals surface area contributed by atoms with Gasteiger partial charge in [0.15, 0.2) is 0 Å². The number of benzene rings is 1. The second-order valence-corrected chi connectivity index (χ2v) is 3.56. The van der Waals surface area contributed by atoms with Crippen LogP contribution in [0.15, 0.2) is 36.5 Å². The Hall–Kier alpha value is -2.30. The van der Waals surface area contributed by atoms with E-state index in [9.17, 15) is 4.39 Å². The van der Waals surface area contributed by atoms with Gasteiger partial charge < -0.3 is 14.8 Å². The van der Waals surface area contributed by atoms with Gasteiger partial charge in [-0.25, -0.2) is 4.98 Å². The van der Waals surface area contributed by atoms with Crippen LogP contribution in [-0.2, 0) is 0 Å². The summed E-state index contributed by atoms with van der Waals surface area (Å²) in [5.41, 5.74) is 1.29. The first kappa shape index (κ1) is 12.2. The number of methoxy groups -OCH3 is 2. The number of nitrogens with zero attached hydrogens (tertiary/aromatic N) is 1. The summed E-state index contributed by atoms with van der Waals surface area (Å²) >= 11 is 0. The number of anilines is 2. The van der Waals surface area contributed by atoms with E-state index in [-0.39, 0.29) is 0 Å². The summed E-state index contributed by atoms with van der Waals surface area (Å²) in [6.07, 6.45) is 1.39. The number of hydrogen-bond donors (Lipinski definition) is 1. The molecular weight excluding hydrogens is 235 g/mol. The van der Waals surface area contributed by atoms with Gasteiger partial charge in [0.2, 0.25) is 5.95 Å². The third-order valence-corrected chi connectivity index (χ3v) is 2.41. The Morgan fingerprint density at radius 2 is 1.94 bits per heavy atom. The quantitative estimate of drug-likeness (QED) is 0.845. The summed E-state index contributed by atoms with van der Waals surface area (Å²) in [7, 11) is 3.15. The van der Waals surface area contributed by atoms with Gasteiger partial charge in [-0.3, -0.25) is 0 Å². The summed E-state index contributed by atoms with van der Waals surface area (Å²) in [5.74, 6) is 0.794. The van der Waals surface area contributed by atoms with Crippen LogP contribution in [0.1, 0.15) is 0 Å². The molecule has 0 radical (unpaired) electrons. The molecule has 1 N–H and O–H groups in total. The molecule has 0 saturated carbocycles. The van der Waals surface area contributed by atoms with Crippen LogP contribution in [0, 0.1) is 5.95 Å². The van der Waals surface area contributed by atoms with E-state index in [1.54, 1.807) is 38.5 Å². The number of aromatic nitrogens is 1. The minimum Gasteiger partial charge on any atom is -0.497 e. The Morgan fingerprint density at radius 1 is 1.11 bits per heavy atom. The molecule has 0 fully saturated rings. The van der Waals surface area contributed by atoms with E-state index in [1.807, 2.05) is 0 Å². The zero-order valence-electron chi connectivity index (χ0n) is 10.1. The number of nitrogens with one attached hydrogen (secondary N) is 1. The minimum absolute atomic E-state index is 0.540. The van der Waals surface area contributed by atoms with E-state index < -0.39 is 5.95 Å². The molecule has 2 aromatic rings. The van der Waals surface area contributed by atoms with Gasteiger partial charge in [-0.05, 0) is 18.2 Å². The second kappa shape index (κ2) is 5.35. The molecule has 1 heterocycles. The highest BCUT2D eigenvalue weighted by atomic mass is 19.1. The molecule has 0 saturated heterocycles. The third kappa shape index (κ3) is 2.68. The van der Waals surface area contributed by atoms with Gasteiger partial charge in [0.1, 0.15) is 11.5 Å². The average molecular weight is 248 g/mol. The third-order valence-electron chi connectivity index (χ3n) is 2.41. The Morgan fingerprint density at radius 3 is 2.61 bits per heavy atom. The first-order chi connectivity index (χ1) is 8.72. The fourth-order valence-corrected chi connectivity index (χ4v) is 1.55. The first-order valence-corrected chi connectivity index (χ1v) is 5.33. The van der Waals surface area contributed by atoms with Crippen LogP contribution in [0.4, 0.5) is 15.8 Å². The lowest BCUT2D eigenvalue weighted by atomic mass is 10.2. The molecular formula is C13H13FN2O2. The molecule has 0 bridgehead atoms. The monoisotopic (exact) mass is 248 g/mol. The number of halogens is 1. The van der Waals surface area contributed by atoms with Gasteiger partial charge in [0.05, 0.1) is 19.9 Å². The topological polar surface area (TPSA) is 43.4 Å². The van der Waals surface area contributed by atoms with E-state index in [2.05, 4.69) is 10.3 Å². The fourth-order valence-electron chi connectivity index (χ4n) is 1.55. The van der Waals surface area contributed by atoms with Gasteiger partial charge in [-0.1, -0.05) is 0 Å². The smallest absolute Gasteiger partial charge is 0.214 e. The van der Waals surface area contributed by atoms with Crippen molar-refractivity contribution in [1.29, 1.82) is 0 Å². The molecule has 18 heavy (non-hydrogen) atoms. The first-order valence-electron chi connectivity index (χ1n) is 5.33. The Labute approximate surface area is 104 Å². The molecule has 4 nitrogen and oxygen atoms in total. The molecule has 94 valence electrons. The van der Waals surface area contributed by atoms with Crippen LogP contribution in [0.25, 0.3) is 0 Å². The lowest BCUT2D eigenvalue weighted by Crippen LogP contribution is -1.96. The summed E-state index contributed by atoms with van der Waals surface area (Å²) in [4.78, 5) is 3.50. The van der Waals surface area contributed by atoms with Gasteiger partial charge in [0.25, 0.3) is 0 Å². The van der Waals surface area contributed by atoms with Crippen LogP contribution in [0.3, 0.4) is 0 Å². The van der Waals surface area contributed by atoms with Gasteiger partial charge in [-0.15, -0.1) is 0 Å². The Kier molecular flexibility index (Phi) is 3.62. The predicted octanol–water partition coefficient (Wildman–Crippen LogP) is 2.98. The van der Waals surface area contributed by atoms with Crippen LogP contribution >= 0.6 is 0 Å². The van der Waals surface area contributed by atoms with Gasteiger partial charge in [-0.2, -0.15) is 4.39 Å². The molecule has 0 amide bonds. The van der Waals surface area contributed by atoms with Crippen molar-refractivity contribution in [2.24, 2.45) is 0 Å². The van der Waals surface area contributed by atoms with Gasteiger partial charge in [0, 0.05) is 24.0 Å². The van der Waals surface area contributed by atoms with Crippen molar-refractivity contribution < 1.29 is 13.9 Å². The molecule has 0 unspecified atom stereocenters. The maximum atomic E-state index is 13.0. The summed E-state index contributed by atoms with van der Waals surface area (Å²) in [6.45, 7) is 0. The summed E-state index contributed by atoms with van der Waals surface area (Å²) in [5, 5.41) is 3.05. The molecule has 0 atom stereocenters. The molecule has 1 aromatic carbocycles. The maximum Gasteiger partial charge on any atom is 0.214 e. The fraction of sp³-hybridized carbons (Fsp3) is 0.154. The number of hydrogen-bond acceptors (Lipinski definition) is 4. The van der Waals surface area contributed by atoms with Crippen LogP contribution in [-0.4, -0.2) is 19.2 Å². The predicted molar refractivity (Wildman–Crippen MR) is 67.0 cm³/mol. The Bertz CT molecular complexity index is 546. The Balaban J connectivity index is 2.32. The summed E-state index contributed by atoms with van der Waals surface area (Å²) in [6, 6.07) is 8.31. The van der Waals surface area contributed by atoms with Crippen molar-refractivity contribution in [2.75, 3.05) is 19.5 Å². The second-order valence-electron chi connectivity index (χ2n) is 3.56. The number of rotatable bonds is 4. The minimum atomic E-state index is -0.540. The van der Waals surface area contributed by atoms with Crippen molar-refractivity contribution in [2.45, 2.75) is 0 Å². The molecule has 5 heteroatoms. The average Bonchev–Trinajstić information content (AvgIpc) is 2.38. The van der Waals surface area contributed by atoms with Crippen LogP contribution < -0.4 is 14.8 Å². The van der Waals surface area contributed by atoms with E-state index in [4.69, 9.17) is 9.47 Å². The van der Waals surface area contributed by atoms with E-state index in [0.29, 0.717) is 22.9 Å². The standard InChI is InChI=1S/C13H13FN2O2/c1-17-10-3-4-12(18-2)11(8-10)16-9-5-6-15-13(14)7-9/h3-8H,1-2H3,(H,15,16). The van der Waals surface area contributed by atoms with Crippen molar-refractivity contribution in [3.63, 3.8) is 0 Å². The lowest BCUT2D eigenvalue weighted by Gasteiger charge is -2.12. The zero-order chi connectivity index (χ0) is 13.0. The molecule has 0 aliphatic carbocycles. The SMILES string of the molecule is COc1ccc(OC)c(Nc2ccnc(F)c2)c1. The normalized spacial score (nSPS) is 9.94. The maximum absolute atomic E-state index is 13.0. The highest BCUT2D eigenvalue weighted by Crippen LogP contribution is 2.31. The van der Waals surface area contributed by atoms with Crippen molar-refractivity contribution in [3.8, 4) is 11.5 Å². The molecule has 0 aliphatic rings. The highest BCUT2D eigenvalue weighted by molar-refractivity contribution is 5.67. The molecule has 1 aromatic heterocycles. The van der Waals surface area contributed by atoms with Crippen molar-refractivity contribution in [3.05, 3.63) is 42.5 Å². The molecule has 2 rings (SSSR count). The summed E-state index contributed by atoms with van der Waals surface area (Å²) < 4.78 is 23.3. The molecule has 0 aliphatic heterocycles. The number of pyridine rings is 1. The highest BCUT2D eigenvalue weighted by Gasteiger charge is 2.06. The van der Waals surface area contributed by atoms with Crippen LogP contribution in [0.5, 0.6) is 11.5 Å². The van der Waals surface area contributed by atoms with Gasteiger partial charge >= 0.3 is 0 Å². The zero-order valence-corrected chi connectivity index (χ0v) is 10.1. The van der Waals surface area contributed by atoms with E-state index in [1.165, 1.54) is 12.3 Å². The van der Waals surface area contributed by atoms with Crippen molar-refractivity contribution in [1.82, 2.24) is 4.98 Å². The van der Waals surface area contributed by atoms with E-state index in [0.717, 1.165) is 0 Å². The number of ether oxygens (including phenoxy) is 2. The van der Waals surface area contributed by atoms with Crippen molar-refractivity contribution >= 4 is 11.4 Å². The molecule has 0 spiro atoms. The van der Waals surface area contributed by atoms with Crippen LogP contribution in [0.2, 0.25) is 0 Å². The van der Waals surface area contributed by atoms with E-state index >= 15 is 0 Å². The lowest BCUT2D eigenvalue weighted by molar-refractivity contribution is 0.405. The largest absolute Gasteiger partial charge is 0.497 e.